The Hall–Kier alpha value is -4.10. The first-order valence-corrected chi connectivity index (χ1v) is 15.8. The van der Waals surface area contributed by atoms with Crippen LogP contribution in [0.25, 0.3) is 11.1 Å². The fraction of sp³-hybridized carbons (Fsp3) is 0.314. The van der Waals surface area contributed by atoms with Gasteiger partial charge in [-0.25, -0.2) is 13.2 Å². The molecule has 1 unspecified atom stereocenters. The number of nitrogens with zero attached hydrogens (tertiary/aromatic N) is 2. The summed E-state index contributed by atoms with van der Waals surface area (Å²) in [5, 5.41) is 13.1. The number of benzene rings is 3. The highest BCUT2D eigenvalue weighted by atomic mass is 79.9. The number of halogens is 7. The summed E-state index contributed by atoms with van der Waals surface area (Å²) in [6.45, 7) is 4.94. The Kier molecular flexibility index (Phi) is 10.1. The molecule has 1 atom stereocenters. The summed E-state index contributed by atoms with van der Waals surface area (Å²) in [4.78, 5) is 28.8. The number of hydrogen-bond donors (Lipinski definition) is 2. The van der Waals surface area contributed by atoms with Crippen LogP contribution in [0.3, 0.4) is 0 Å². The molecular weight excluding hydrogens is 704 g/mol. The monoisotopic (exact) mass is 735 g/mol. The van der Waals surface area contributed by atoms with Crippen LogP contribution in [0.5, 0.6) is 5.75 Å². The average molecular weight is 737 g/mol. The maximum absolute atomic E-state index is 15.4. The van der Waals surface area contributed by atoms with E-state index in [9.17, 15) is 32.3 Å². The molecule has 2 heterocycles. The van der Waals surface area contributed by atoms with Gasteiger partial charge in [-0.05, 0) is 91.4 Å². The van der Waals surface area contributed by atoms with Crippen molar-refractivity contribution in [2.24, 2.45) is 0 Å². The zero-order chi connectivity index (χ0) is 35.1. The van der Waals surface area contributed by atoms with Crippen molar-refractivity contribution >= 4 is 21.8 Å². The number of alkyl halides is 4. The molecule has 4 aromatic rings. The molecule has 1 saturated heterocycles. The molecule has 3 aromatic carbocycles. The van der Waals surface area contributed by atoms with E-state index >= 15 is 8.78 Å². The van der Waals surface area contributed by atoms with Crippen molar-refractivity contribution in [1.29, 1.82) is 0 Å². The van der Waals surface area contributed by atoms with Crippen LogP contribution in [-0.4, -0.2) is 46.3 Å². The van der Waals surface area contributed by atoms with Gasteiger partial charge in [0, 0.05) is 59.6 Å². The van der Waals surface area contributed by atoms with Gasteiger partial charge in [0.25, 0.3) is 5.56 Å². The molecule has 0 saturated carbocycles. The summed E-state index contributed by atoms with van der Waals surface area (Å²) in [6.07, 6.45) is -5.32. The predicted octanol–water partition coefficient (Wildman–Crippen LogP) is 7.31. The van der Waals surface area contributed by atoms with Gasteiger partial charge in [-0.1, -0.05) is 22.0 Å². The molecule has 48 heavy (non-hydrogen) atoms. The molecule has 0 radical (unpaired) electrons. The number of aryl methyl sites for hydroxylation is 2. The summed E-state index contributed by atoms with van der Waals surface area (Å²) in [6, 6.07) is 8.48. The highest BCUT2D eigenvalue weighted by Crippen LogP contribution is 2.36. The van der Waals surface area contributed by atoms with E-state index in [2.05, 4.69) is 21.2 Å². The second-order valence-electron chi connectivity index (χ2n) is 12.0. The Morgan fingerprint density at radius 1 is 1.02 bits per heavy atom. The highest BCUT2D eigenvalue weighted by molar-refractivity contribution is 9.10. The fourth-order valence-corrected chi connectivity index (χ4v) is 6.31. The third-order valence-electron chi connectivity index (χ3n) is 8.64. The standard InChI is InChI=1S/C35H32BrF6N3O3/c1-18-4-7-29(46)31(20(18)3)22-10-19(2)32(39)23(11-22)14-43-34(48)33(26-12-24(36)5-6-28(26)38)45-15-21(8-9-44-16-25(37)17-44)27(13-30(45)47)35(40,41)42/h4-7,10-13,15,25,33,46H,8-9,14,16-17H2,1-3H3,(H,43,48). The first kappa shape index (κ1) is 35.2. The lowest BCUT2D eigenvalue weighted by molar-refractivity contribution is -0.138. The summed E-state index contributed by atoms with van der Waals surface area (Å²) in [5.41, 5.74) is -0.228. The molecule has 1 aliphatic heterocycles. The Labute approximate surface area is 281 Å². The maximum Gasteiger partial charge on any atom is 0.416 e. The van der Waals surface area contributed by atoms with E-state index in [1.54, 1.807) is 24.0 Å². The lowest BCUT2D eigenvalue weighted by Gasteiger charge is -2.34. The summed E-state index contributed by atoms with van der Waals surface area (Å²) in [7, 11) is 0. The smallest absolute Gasteiger partial charge is 0.416 e. The Balaban J connectivity index is 1.55. The molecule has 5 rings (SSSR count). The molecule has 254 valence electrons. The Morgan fingerprint density at radius 2 is 1.73 bits per heavy atom. The molecule has 0 aliphatic carbocycles. The average Bonchev–Trinajstić information content (AvgIpc) is 3.00. The van der Waals surface area contributed by atoms with Crippen LogP contribution >= 0.6 is 15.9 Å². The summed E-state index contributed by atoms with van der Waals surface area (Å²) >= 11 is 3.22. The molecule has 6 nitrogen and oxygen atoms in total. The van der Waals surface area contributed by atoms with Crippen LogP contribution in [0.4, 0.5) is 26.3 Å². The highest BCUT2D eigenvalue weighted by Gasteiger charge is 2.37. The number of carbonyl (C=O) groups excluding carboxylic acids is 1. The molecule has 1 aliphatic rings. The first-order chi connectivity index (χ1) is 22.5. The third kappa shape index (κ3) is 7.31. The van der Waals surface area contributed by atoms with E-state index in [1.807, 2.05) is 6.92 Å². The van der Waals surface area contributed by atoms with E-state index < -0.39 is 53.6 Å². The van der Waals surface area contributed by atoms with E-state index in [0.717, 1.165) is 28.0 Å². The maximum atomic E-state index is 15.4. The lowest BCUT2D eigenvalue weighted by Crippen LogP contribution is -2.49. The minimum Gasteiger partial charge on any atom is -0.507 e. The molecule has 0 spiro atoms. The second kappa shape index (κ2) is 13.8. The van der Waals surface area contributed by atoms with Crippen LogP contribution in [0, 0.1) is 32.4 Å². The fourth-order valence-electron chi connectivity index (χ4n) is 5.93. The molecular formula is C35H32BrF6N3O3. The van der Waals surface area contributed by atoms with Gasteiger partial charge in [0.05, 0.1) is 5.56 Å². The van der Waals surface area contributed by atoms with Gasteiger partial charge in [-0.15, -0.1) is 0 Å². The topological polar surface area (TPSA) is 74.6 Å². The van der Waals surface area contributed by atoms with Crippen LogP contribution in [-0.2, 0) is 23.9 Å². The van der Waals surface area contributed by atoms with Crippen molar-refractivity contribution in [2.75, 3.05) is 19.6 Å². The van der Waals surface area contributed by atoms with E-state index in [1.165, 1.54) is 31.2 Å². The van der Waals surface area contributed by atoms with Crippen molar-refractivity contribution in [3.8, 4) is 16.9 Å². The number of hydrogen-bond acceptors (Lipinski definition) is 4. The first-order valence-electron chi connectivity index (χ1n) is 15.0. The number of nitrogens with one attached hydrogen (secondary N) is 1. The summed E-state index contributed by atoms with van der Waals surface area (Å²) < 4.78 is 87.2. The van der Waals surface area contributed by atoms with Crippen LogP contribution in [0.1, 0.15) is 45.0 Å². The minimum atomic E-state index is -4.91. The second-order valence-corrected chi connectivity index (χ2v) is 12.9. The van der Waals surface area contributed by atoms with E-state index in [-0.39, 0.29) is 54.1 Å². The quantitative estimate of drug-likeness (QED) is 0.177. The number of carbonyl (C=O) groups is 1. The number of phenolic OH excluding ortho intramolecular Hbond substituents is 1. The number of aromatic nitrogens is 1. The number of phenols is 1. The number of aromatic hydroxyl groups is 1. The van der Waals surface area contributed by atoms with Gasteiger partial charge >= 0.3 is 6.18 Å². The van der Waals surface area contributed by atoms with Crippen molar-refractivity contribution in [3.05, 3.63) is 120 Å². The SMILES string of the molecule is Cc1ccc(O)c(-c2cc(C)c(F)c(CNC(=O)C(c3cc(Br)ccc3F)n3cc(CCN4CC(F)C4)c(C(F)(F)F)cc3=O)c2)c1C. The molecule has 1 amide bonds. The van der Waals surface area contributed by atoms with Crippen molar-refractivity contribution in [1.82, 2.24) is 14.8 Å². The molecule has 1 aromatic heterocycles. The van der Waals surface area contributed by atoms with E-state index in [4.69, 9.17) is 0 Å². The minimum absolute atomic E-state index is 0.0216. The Morgan fingerprint density at radius 3 is 2.40 bits per heavy atom. The molecule has 0 bridgehead atoms. The van der Waals surface area contributed by atoms with Gasteiger partial charge in [0.1, 0.15) is 29.6 Å². The summed E-state index contributed by atoms with van der Waals surface area (Å²) in [5.74, 6) is -2.57. The van der Waals surface area contributed by atoms with Gasteiger partial charge in [0.2, 0.25) is 5.91 Å². The zero-order valence-electron chi connectivity index (χ0n) is 26.2. The number of amides is 1. The van der Waals surface area contributed by atoms with Gasteiger partial charge in [-0.3, -0.25) is 19.1 Å². The number of likely N-dealkylation sites (tertiary alicyclic amines) is 1. The number of rotatable bonds is 9. The van der Waals surface area contributed by atoms with Gasteiger partial charge < -0.3 is 10.4 Å². The predicted molar refractivity (Wildman–Crippen MR) is 173 cm³/mol. The normalized spacial score (nSPS) is 14.5. The van der Waals surface area contributed by atoms with Crippen LogP contribution < -0.4 is 10.9 Å². The van der Waals surface area contributed by atoms with Crippen molar-refractivity contribution in [3.63, 3.8) is 0 Å². The van der Waals surface area contributed by atoms with Crippen molar-refractivity contribution < 1.29 is 36.2 Å². The third-order valence-corrected chi connectivity index (χ3v) is 9.14. The Bertz CT molecular complexity index is 1940. The molecule has 13 heteroatoms. The lowest BCUT2D eigenvalue weighted by atomic mass is 9.93. The van der Waals surface area contributed by atoms with Gasteiger partial charge in [-0.2, -0.15) is 13.2 Å². The zero-order valence-corrected chi connectivity index (χ0v) is 27.8. The van der Waals surface area contributed by atoms with Crippen LogP contribution in [0.15, 0.2) is 64.0 Å². The van der Waals surface area contributed by atoms with Crippen LogP contribution in [0.2, 0.25) is 0 Å². The number of pyridine rings is 1. The van der Waals surface area contributed by atoms with Crippen molar-refractivity contribution in [2.45, 2.75) is 52.1 Å². The largest absolute Gasteiger partial charge is 0.507 e. The van der Waals surface area contributed by atoms with Gasteiger partial charge in [0.15, 0.2) is 0 Å². The molecule has 2 N–H and O–H groups in total. The van der Waals surface area contributed by atoms with E-state index in [0.29, 0.717) is 21.7 Å². The molecule has 1 fully saturated rings.